The third-order valence-electron chi connectivity index (χ3n) is 3.74. The molecule has 1 N–H and O–H groups in total. The number of aromatic nitrogens is 2. The molecule has 7 heteroatoms. The van der Waals surface area contributed by atoms with Crippen LogP contribution < -0.4 is 0 Å². The number of hydrogen-bond donors (Lipinski definition) is 1. The van der Waals surface area contributed by atoms with Gasteiger partial charge in [0, 0.05) is 19.2 Å². The van der Waals surface area contributed by atoms with E-state index < -0.39 is 24.1 Å². The standard InChI is InChI=1S/C15H14FN3O3/c16-15(14(21)22)6-7-18(10-15)13(20)11-8-17-19(9-11)12-4-2-1-3-5-12/h1-5,8-9H,6-7,10H2,(H,21,22). The fourth-order valence-corrected chi connectivity index (χ4v) is 2.46. The number of carbonyl (C=O) groups is 2. The van der Waals surface area contributed by atoms with E-state index in [1.54, 1.807) is 10.9 Å². The molecule has 1 atom stereocenters. The summed E-state index contributed by atoms with van der Waals surface area (Å²) in [5.74, 6) is -1.94. The molecule has 3 rings (SSSR count). The molecule has 6 nitrogen and oxygen atoms in total. The molecule has 2 heterocycles. The average molecular weight is 303 g/mol. The monoisotopic (exact) mass is 303 g/mol. The Kier molecular flexibility index (Phi) is 3.40. The van der Waals surface area contributed by atoms with Gasteiger partial charge in [-0.25, -0.2) is 13.9 Å². The van der Waals surface area contributed by atoms with Gasteiger partial charge in [0.15, 0.2) is 0 Å². The zero-order valence-electron chi connectivity index (χ0n) is 11.6. The highest BCUT2D eigenvalue weighted by molar-refractivity contribution is 5.95. The zero-order chi connectivity index (χ0) is 15.7. The van der Waals surface area contributed by atoms with Crippen LogP contribution in [0.5, 0.6) is 0 Å². The molecule has 0 saturated carbocycles. The van der Waals surface area contributed by atoms with Gasteiger partial charge in [-0.05, 0) is 12.1 Å². The van der Waals surface area contributed by atoms with Crippen molar-refractivity contribution in [3.63, 3.8) is 0 Å². The molecule has 0 aliphatic carbocycles. The van der Waals surface area contributed by atoms with Crippen LogP contribution in [-0.2, 0) is 4.79 Å². The van der Waals surface area contributed by atoms with Crippen LogP contribution in [0.2, 0.25) is 0 Å². The Morgan fingerprint density at radius 1 is 1.27 bits per heavy atom. The van der Waals surface area contributed by atoms with Crippen molar-refractivity contribution in [3.05, 3.63) is 48.3 Å². The number of carboxylic acids is 1. The highest BCUT2D eigenvalue weighted by Gasteiger charge is 2.47. The van der Waals surface area contributed by atoms with Crippen molar-refractivity contribution in [1.82, 2.24) is 14.7 Å². The second-order valence-corrected chi connectivity index (χ2v) is 5.26. The summed E-state index contributed by atoms with van der Waals surface area (Å²) < 4.78 is 15.6. The van der Waals surface area contributed by atoms with E-state index in [1.165, 1.54) is 11.1 Å². The fraction of sp³-hybridized carbons (Fsp3) is 0.267. The summed E-state index contributed by atoms with van der Waals surface area (Å²) in [7, 11) is 0. The number of rotatable bonds is 3. The number of amides is 1. The lowest BCUT2D eigenvalue weighted by Crippen LogP contribution is -2.38. The minimum atomic E-state index is -2.36. The van der Waals surface area contributed by atoms with Gasteiger partial charge in [-0.15, -0.1) is 0 Å². The van der Waals surface area contributed by atoms with Gasteiger partial charge in [0.1, 0.15) is 0 Å². The number of aliphatic carboxylic acids is 1. The first-order chi connectivity index (χ1) is 10.5. The second kappa shape index (κ2) is 5.25. The summed E-state index contributed by atoms with van der Waals surface area (Å²) in [5, 5.41) is 13.0. The Labute approximate surface area is 125 Å². The summed E-state index contributed by atoms with van der Waals surface area (Å²) in [4.78, 5) is 24.4. The predicted molar refractivity (Wildman–Crippen MR) is 75.6 cm³/mol. The quantitative estimate of drug-likeness (QED) is 0.932. The third kappa shape index (κ3) is 2.45. The summed E-state index contributed by atoms with van der Waals surface area (Å²) >= 11 is 0. The molecule has 1 aliphatic rings. The van der Waals surface area contributed by atoms with Crippen LogP contribution in [0.25, 0.3) is 5.69 Å². The number of alkyl halides is 1. The SMILES string of the molecule is O=C(c1cnn(-c2ccccc2)c1)N1CCC(F)(C(=O)O)C1. The van der Waals surface area contributed by atoms with Crippen LogP contribution in [-0.4, -0.2) is 50.4 Å². The van der Waals surface area contributed by atoms with Crippen LogP contribution in [0.3, 0.4) is 0 Å². The van der Waals surface area contributed by atoms with E-state index in [0.717, 1.165) is 5.69 Å². The van der Waals surface area contributed by atoms with Gasteiger partial charge in [-0.3, -0.25) is 4.79 Å². The summed E-state index contributed by atoms with van der Waals surface area (Å²) in [5.41, 5.74) is -1.25. The van der Waals surface area contributed by atoms with E-state index in [9.17, 15) is 14.0 Å². The summed E-state index contributed by atoms with van der Waals surface area (Å²) in [6.45, 7) is -0.351. The Bertz CT molecular complexity index is 716. The number of halogens is 1. The number of para-hydroxylation sites is 1. The Hall–Kier alpha value is -2.70. The number of carbonyl (C=O) groups excluding carboxylic acids is 1. The molecule has 0 radical (unpaired) electrons. The van der Waals surface area contributed by atoms with Crippen molar-refractivity contribution in [2.24, 2.45) is 0 Å². The van der Waals surface area contributed by atoms with E-state index >= 15 is 0 Å². The Morgan fingerprint density at radius 3 is 2.64 bits per heavy atom. The largest absolute Gasteiger partial charge is 0.479 e. The zero-order valence-corrected chi connectivity index (χ0v) is 11.6. The molecule has 0 bridgehead atoms. The van der Waals surface area contributed by atoms with Crippen molar-refractivity contribution in [3.8, 4) is 5.69 Å². The lowest BCUT2D eigenvalue weighted by molar-refractivity contribution is -0.149. The van der Waals surface area contributed by atoms with Crippen molar-refractivity contribution in [2.45, 2.75) is 12.1 Å². The van der Waals surface area contributed by atoms with Crippen LogP contribution in [0.4, 0.5) is 4.39 Å². The molecule has 1 aliphatic heterocycles. The van der Waals surface area contributed by atoms with Gasteiger partial charge in [-0.1, -0.05) is 18.2 Å². The lowest BCUT2D eigenvalue weighted by Gasteiger charge is -2.16. The maximum atomic E-state index is 14.0. The molecule has 1 fully saturated rings. The topological polar surface area (TPSA) is 75.4 Å². The third-order valence-corrected chi connectivity index (χ3v) is 3.74. The minimum Gasteiger partial charge on any atom is -0.479 e. The average Bonchev–Trinajstić information content (AvgIpc) is 3.15. The van der Waals surface area contributed by atoms with E-state index in [-0.39, 0.29) is 13.0 Å². The van der Waals surface area contributed by atoms with Crippen LogP contribution in [0.1, 0.15) is 16.8 Å². The highest BCUT2D eigenvalue weighted by atomic mass is 19.1. The molecule has 0 spiro atoms. The molecule has 1 saturated heterocycles. The number of nitrogens with zero attached hydrogens (tertiary/aromatic N) is 3. The number of benzene rings is 1. The first kappa shape index (κ1) is 14.2. The number of hydrogen-bond acceptors (Lipinski definition) is 3. The Balaban J connectivity index is 1.77. The Morgan fingerprint density at radius 2 is 2.00 bits per heavy atom. The van der Waals surface area contributed by atoms with Gasteiger partial charge in [-0.2, -0.15) is 5.10 Å². The molecule has 22 heavy (non-hydrogen) atoms. The molecular weight excluding hydrogens is 289 g/mol. The van der Waals surface area contributed by atoms with Crippen LogP contribution >= 0.6 is 0 Å². The van der Waals surface area contributed by atoms with Gasteiger partial charge in [0.25, 0.3) is 5.91 Å². The van der Waals surface area contributed by atoms with Crippen LogP contribution in [0, 0.1) is 0 Å². The smallest absolute Gasteiger partial charge is 0.343 e. The first-order valence-corrected chi connectivity index (χ1v) is 6.81. The van der Waals surface area contributed by atoms with Crippen molar-refractivity contribution in [1.29, 1.82) is 0 Å². The number of likely N-dealkylation sites (tertiary alicyclic amines) is 1. The van der Waals surface area contributed by atoms with Crippen molar-refractivity contribution in [2.75, 3.05) is 13.1 Å². The minimum absolute atomic E-state index is 0.0815. The molecule has 1 unspecified atom stereocenters. The van der Waals surface area contributed by atoms with Gasteiger partial charge < -0.3 is 10.0 Å². The summed E-state index contributed by atoms with van der Waals surface area (Å²) in [6, 6.07) is 9.25. The molecular formula is C15H14FN3O3. The molecule has 2 aromatic rings. The maximum Gasteiger partial charge on any atom is 0.343 e. The van der Waals surface area contributed by atoms with E-state index in [4.69, 9.17) is 5.11 Å². The lowest BCUT2D eigenvalue weighted by atomic mass is 10.1. The first-order valence-electron chi connectivity index (χ1n) is 6.81. The fourth-order valence-electron chi connectivity index (χ4n) is 2.46. The maximum absolute atomic E-state index is 14.0. The molecule has 114 valence electrons. The van der Waals surface area contributed by atoms with Crippen molar-refractivity contribution >= 4 is 11.9 Å². The van der Waals surface area contributed by atoms with Gasteiger partial charge in [0.05, 0.1) is 24.0 Å². The molecule has 1 aromatic carbocycles. The van der Waals surface area contributed by atoms with E-state index in [1.807, 2.05) is 30.3 Å². The number of carboxylic acid groups (broad SMARTS) is 1. The normalized spacial score (nSPS) is 21.0. The van der Waals surface area contributed by atoms with Crippen molar-refractivity contribution < 1.29 is 19.1 Å². The summed E-state index contributed by atoms with van der Waals surface area (Å²) in [6.07, 6.45) is 2.76. The molecule has 1 aromatic heterocycles. The predicted octanol–water partition coefficient (Wildman–Crippen LogP) is 1.51. The van der Waals surface area contributed by atoms with Gasteiger partial charge in [0.2, 0.25) is 5.67 Å². The van der Waals surface area contributed by atoms with E-state index in [2.05, 4.69) is 5.10 Å². The van der Waals surface area contributed by atoms with Gasteiger partial charge >= 0.3 is 5.97 Å². The van der Waals surface area contributed by atoms with Crippen LogP contribution in [0.15, 0.2) is 42.7 Å². The second-order valence-electron chi connectivity index (χ2n) is 5.26. The molecule has 1 amide bonds. The van der Waals surface area contributed by atoms with E-state index in [0.29, 0.717) is 5.56 Å². The highest BCUT2D eigenvalue weighted by Crippen LogP contribution is 2.27.